The summed E-state index contributed by atoms with van der Waals surface area (Å²) in [6.07, 6.45) is 4.39. The quantitative estimate of drug-likeness (QED) is 0.130. The largest absolute Gasteiger partial charge is 0.309 e. The molecule has 19 rings (SSSR count). The van der Waals surface area contributed by atoms with Crippen LogP contribution in [0.2, 0.25) is 0 Å². The van der Waals surface area contributed by atoms with Crippen LogP contribution in [0.4, 0.5) is 0 Å². The molecule has 14 aromatic carbocycles. The van der Waals surface area contributed by atoms with Gasteiger partial charge in [-0.2, -0.15) is 0 Å². The lowest BCUT2D eigenvalue weighted by Crippen LogP contribution is -2.05. The molecule has 0 amide bonds. The molecule has 17 aromatic rings. The first-order chi connectivity index (χ1) is 48.3. The Morgan fingerprint density at radius 3 is 1.58 bits per heavy atom. The number of rotatable bonds is 10. The Morgan fingerprint density at radius 2 is 0.806 bits per heavy atom. The Kier molecular flexibility index (Phi) is 13.4. The molecule has 3 nitrogen and oxygen atoms in total. The molecule has 2 aliphatic carbocycles. The zero-order valence-corrected chi connectivity index (χ0v) is 55.4. The molecule has 3 aromatic heterocycles. The van der Waals surface area contributed by atoms with Crippen LogP contribution < -0.4 is 0 Å². The van der Waals surface area contributed by atoms with Crippen LogP contribution in [0.15, 0.2) is 309 Å². The van der Waals surface area contributed by atoms with Crippen molar-refractivity contribution in [2.24, 2.45) is 0 Å². The second-order valence-electron chi connectivity index (χ2n) is 27.2. The highest BCUT2D eigenvalue weighted by Gasteiger charge is 2.32. The SMILES string of the molecule is Cc1ccccc1-c1ccc2c(c1)C(c1ccc(-c3ccc(-n4c5cc(-c6cccc(C7=Cc8c(c9ccc(-c%10ccccc%10)cc9n8-c8cccc(-n9c%10ccccc%10c%10ccc(-c%11ccccc%11)cc%109)c8)CC7)c6C)ccc5c5c(C)cccc54)cc3)cc1)c1cccc(C)c1-2. The molecule has 2 aliphatic rings. The lowest BCUT2D eigenvalue weighted by atomic mass is 9.86. The molecule has 0 bridgehead atoms. The van der Waals surface area contributed by atoms with Crippen molar-refractivity contribution in [3.05, 3.63) is 365 Å². The number of fused-ring (bicyclic) bond motifs is 12. The van der Waals surface area contributed by atoms with Crippen LogP contribution in [0.25, 0.3) is 150 Å². The number of nitrogens with zero attached hydrogens (tertiary/aromatic N) is 3. The molecule has 3 heterocycles. The lowest BCUT2D eigenvalue weighted by molar-refractivity contribution is 0.978. The Bertz CT molecular complexity index is 6130. The molecular formula is C95H69N3. The van der Waals surface area contributed by atoms with Crippen molar-refractivity contribution in [3.63, 3.8) is 0 Å². The third kappa shape index (κ3) is 9.17. The van der Waals surface area contributed by atoms with Gasteiger partial charge in [0.25, 0.3) is 0 Å². The van der Waals surface area contributed by atoms with Crippen LogP contribution in [0.3, 0.4) is 0 Å². The van der Waals surface area contributed by atoms with Crippen molar-refractivity contribution in [1.82, 2.24) is 13.7 Å². The summed E-state index contributed by atoms with van der Waals surface area (Å²) in [5.41, 5.74) is 39.0. The minimum Gasteiger partial charge on any atom is -0.309 e. The van der Waals surface area contributed by atoms with Gasteiger partial charge in [0.2, 0.25) is 0 Å². The van der Waals surface area contributed by atoms with Gasteiger partial charge in [0.1, 0.15) is 0 Å². The minimum atomic E-state index is 0.154. The Balaban J connectivity index is 0.686. The van der Waals surface area contributed by atoms with E-state index in [-0.39, 0.29) is 5.92 Å². The average Bonchev–Trinajstić information content (AvgIpc) is 1.59. The summed E-state index contributed by atoms with van der Waals surface area (Å²) in [6.45, 7) is 9.06. The van der Waals surface area contributed by atoms with Crippen molar-refractivity contribution in [3.8, 4) is 83.8 Å². The normalized spacial score (nSPS) is 13.4. The first-order valence-corrected chi connectivity index (χ1v) is 34.5. The molecule has 3 heteroatoms. The minimum absolute atomic E-state index is 0.154. The number of aromatic nitrogens is 3. The van der Waals surface area contributed by atoms with Crippen molar-refractivity contribution in [2.45, 2.75) is 46.5 Å². The Morgan fingerprint density at radius 1 is 0.286 bits per heavy atom. The standard InChI is InChI=1S/C95H69N3/c1-59-19-11-12-28-76(59)70-44-51-83-86(53-70)95(85-32-15-20-60(2)93(83)85)67-37-35-65(36-38-67)66-39-46-73(47-40-66)96-88-34-16-21-61(3)94(88)84-52-45-72(57-92(84)96)78-31-18-30-77(62(78)4)71-43-50-82-81-49-42-69(64-24-9-6-10-25-64)55-90(81)98(91(82)56-71)75-27-17-26-74(58-75)97-87-33-14-13-29-79(87)80-48-41-68(54-89(80)97)63-22-7-5-8-23-63/h5-42,44-49,51-58,95H,43,50H2,1-4H3. The van der Waals surface area contributed by atoms with Gasteiger partial charge in [0, 0.05) is 49.9 Å². The molecule has 464 valence electrons. The fourth-order valence-corrected chi connectivity index (χ4v) is 17.0. The van der Waals surface area contributed by atoms with E-state index in [4.69, 9.17) is 0 Å². The summed E-state index contributed by atoms with van der Waals surface area (Å²) in [6, 6.07) is 116. The smallest absolute Gasteiger partial charge is 0.0547 e. The van der Waals surface area contributed by atoms with E-state index in [2.05, 4.69) is 357 Å². The van der Waals surface area contributed by atoms with E-state index in [0.29, 0.717) is 0 Å². The molecular weight excluding hydrogens is 1180 g/mol. The number of aryl methyl sites for hydroxylation is 4. The first-order valence-electron chi connectivity index (χ1n) is 34.5. The van der Waals surface area contributed by atoms with Gasteiger partial charge < -0.3 is 13.7 Å². The molecule has 0 aliphatic heterocycles. The summed E-state index contributed by atoms with van der Waals surface area (Å²) in [7, 11) is 0. The summed E-state index contributed by atoms with van der Waals surface area (Å²) in [4.78, 5) is 0. The van der Waals surface area contributed by atoms with Gasteiger partial charge in [-0.1, -0.05) is 243 Å². The van der Waals surface area contributed by atoms with E-state index in [0.717, 1.165) is 29.9 Å². The molecule has 0 N–H and O–H groups in total. The zero-order valence-electron chi connectivity index (χ0n) is 55.4. The predicted octanol–water partition coefficient (Wildman–Crippen LogP) is 25.0. The zero-order chi connectivity index (χ0) is 65.3. The topological polar surface area (TPSA) is 14.8 Å². The second kappa shape index (κ2) is 22.8. The number of allylic oxidation sites excluding steroid dienone is 1. The van der Waals surface area contributed by atoms with Gasteiger partial charge in [-0.15, -0.1) is 0 Å². The van der Waals surface area contributed by atoms with E-state index >= 15 is 0 Å². The third-order valence-corrected chi connectivity index (χ3v) is 21.7. The fraction of sp³-hybridized carbons (Fsp3) is 0.0737. The number of hydrogen-bond acceptors (Lipinski definition) is 0. The third-order valence-electron chi connectivity index (χ3n) is 21.7. The second-order valence-corrected chi connectivity index (χ2v) is 27.2. The Hall–Kier alpha value is -12.0. The lowest BCUT2D eigenvalue weighted by Gasteiger charge is -2.20. The maximum Gasteiger partial charge on any atom is 0.0547 e. The van der Waals surface area contributed by atoms with Crippen LogP contribution in [-0.4, -0.2) is 13.7 Å². The van der Waals surface area contributed by atoms with Gasteiger partial charge in [-0.3, -0.25) is 0 Å². The Labute approximate surface area is 571 Å². The highest BCUT2D eigenvalue weighted by atomic mass is 15.0. The number of benzene rings is 14. The van der Waals surface area contributed by atoms with Crippen molar-refractivity contribution in [1.29, 1.82) is 0 Å². The van der Waals surface area contributed by atoms with Gasteiger partial charge in [-0.25, -0.2) is 0 Å². The maximum atomic E-state index is 2.55. The van der Waals surface area contributed by atoms with Crippen LogP contribution >= 0.6 is 0 Å². The molecule has 0 saturated heterocycles. The highest BCUT2D eigenvalue weighted by Crippen LogP contribution is 2.51. The van der Waals surface area contributed by atoms with Crippen LogP contribution in [0.1, 0.15) is 68.1 Å². The molecule has 0 fully saturated rings. The average molecular weight is 1250 g/mol. The van der Waals surface area contributed by atoms with Gasteiger partial charge >= 0.3 is 0 Å². The maximum absolute atomic E-state index is 2.55. The van der Waals surface area contributed by atoms with E-state index < -0.39 is 0 Å². The summed E-state index contributed by atoms with van der Waals surface area (Å²) in [5, 5.41) is 6.35. The molecule has 0 spiro atoms. The molecule has 0 saturated carbocycles. The van der Waals surface area contributed by atoms with Crippen LogP contribution in [-0.2, 0) is 6.42 Å². The van der Waals surface area contributed by atoms with Gasteiger partial charge in [0.15, 0.2) is 0 Å². The molecule has 1 atom stereocenters. The molecule has 1 unspecified atom stereocenters. The van der Waals surface area contributed by atoms with E-state index in [1.54, 1.807) is 0 Å². The number of para-hydroxylation sites is 1. The fourth-order valence-electron chi connectivity index (χ4n) is 17.0. The first kappa shape index (κ1) is 57.4. The van der Waals surface area contributed by atoms with Crippen molar-refractivity contribution >= 4 is 66.2 Å². The van der Waals surface area contributed by atoms with Crippen LogP contribution in [0, 0.1) is 27.7 Å². The predicted molar refractivity (Wildman–Crippen MR) is 414 cm³/mol. The monoisotopic (exact) mass is 1250 g/mol. The van der Waals surface area contributed by atoms with Gasteiger partial charge in [0.05, 0.1) is 33.3 Å². The van der Waals surface area contributed by atoms with E-state index in [1.165, 1.54) is 183 Å². The number of hydrogen-bond donors (Lipinski definition) is 0. The van der Waals surface area contributed by atoms with Crippen molar-refractivity contribution in [2.75, 3.05) is 0 Å². The summed E-state index contributed by atoms with van der Waals surface area (Å²) < 4.78 is 7.51. The van der Waals surface area contributed by atoms with E-state index in [1.807, 2.05) is 0 Å². The molecule has 98 heavy (non-hydrogen) atoms. The van der Waals surface area contributed by atoms with Crippen molar-refractivity contribution < 1.29 is 0 Å². The highest BCUT2D eigenvalue weighted by molar-refractivity contribution is 6.13. The summed E-state index contributed by atoms with van der Waals surface area (Å²) >= 11 is 0. The summed E-state index contributed by atoms with van der Waals surface area (Å²) in [5.74, 6) is 0.154. The van der Waals surface area contributed by atoms with Crippen LogP contribution in [0.5, 0.6) is 0 Å². The van der Waals surface area contributed by atoms with Gasteiger partial charge in [-0.05, 0) is 236 Å². The van der Waals surface area contributed by atoms with E-state index in [9.17, 15) is 0 Å². The molecule has 0 radical (unpaired) electrons.